The molecule has 0 aliphatic rings. The molecule has 3 heteroatoms. The van der Waals surface area contributed by atoms with Crippen molar-refractivity contribution in [1.82, 2.24) is 0 Å². The SMILES string of the molecule is C=C/C=c1\c(=C)ccc2cc3cc(B(O)O)ccc3cc12. The molecule has 0 spiro atoms. The van der Waals surface area contributed by atoms with E-state index in [-0.39, 0.29) is 0 Å². The maximum atomic E-state index is 9.28. The van der Waals surface area contributed by atoms with Crippen LogP contribution in [0.15, 0.2) is 55.1 Å². The molecule has 0 fully saturated rings. The normalized spacial score (nSPS) is 12.0. The first-order valence-corrected chi connectivity index (χ1v) is 6.74. The van der Waals surface area contributed by atoms with Gasteiger partial charge in [0, 0.05) is 0 Å². The molecular formula is C18H15BO2. The highest BCUT2D eigenvalue weighted by Crippen LogP contribution is 2.19. The Bertz CT molecular complexity index is 958. The Kier molecular flexibility index (Phi) is 3.38. The van der Waals surface area contributed by atoms with Crippen LogP contribution in [-0.4, -0.2) is 17.2 Å². The number of hydrogen-bond donors (Lipinski definition) is 2. The molecule has 0 heterocycles. The van der Waals surface area contributed by atoms with Crippen molar-refractivity contribution < 1.29 is 10.0 Å². The minimum Gasteiger partial charge on any atom is -0.423 e. The van der Waals surface area contributed by atoms with Gasteiger partial charge < -0.3 is 10.0 Å². The zero-order valence-electron chi connectivity index (χ0n) is 11.6. The van der Waals surface area contributed by atoms with Crippen LogP contribution in [0, 0.1) is 0 Å². The predicted octanol–water partition coefficient (Wildman–Crippen LogP) is 1.05. The monoisotopic (exact) mass is 274 g/mol. The molecular weight excluding hydrogens is 259 g/mol. The van der Waals surface area contributed by atoms with E-state index < -0.39 is 7.12 Å². The van der Waals surface area contributed by atoms with E-state index in [1.165, 1.54) is 0 Å². The summed E-state index contributed by atoms with van der Waals surface area (Å²) in [5.41, 5.74) is 0.494. The first kappa shape index (κ1) is 13.6. The summed E-state index contributed by atoms with van der Waals surface area (Å²) in [7, 11) is -1.45. The molecule has 0 bridgehead atoms. The maximum absolute atomic E-state index is 9.28. The van der Waals surface area contributed by atoms with E-state index in [4.69, 9.17) is 0 Å². The summed E-state index contributed by atoms with van der Waals surface area (Å²) in [5, 5.41) is 24.8. The first-order chi connectivity index (χ1) is 10.1. The van der Waals surface area contributed by atoms with Crippen molar-refractivity contribution in [2.24, 2.45) is 0 Å². The quantitative estimate of drug-likeness (QED) is 0.541. The van der Waals surface area contributed by atoms with Gasteiger partial charge in [-0.15, -0.1) is 0 Å². The highest BCUT2D eigenvalue weighted by molar-refractivity contribution is 6.58. The topological polar surface area (TPSA) is 40.5 Å². The predicted molar refractivity (Wildman–Crippen MR) is 90.7 cm³/mol. The zero-order chi connectivity index (χ0) is 15.0. The van der Waals surface area contributed by atoms with Crippen LogP contribution in [0.1, 0.15) is 0 Å². The van der Waals surface area contributed by atoms with Crippen LogP contribution in [0.2, 0.25) is 0 Å². The van der Waals surface area contributed by atoms with E-state index in [9.17, 15) is 10.0 Å². The average Bonchev–Trinajstić information content (AvgIpc) is 2.48. The summed E-state index contributed by atoms with van der Waals surface area (Å²) in [6, 6.07) is 13.6. The van der Waals surface area contributed by atoms with Crippen molar-refractivity contribution in [3.05, 3.63) is 65.6 Å². The molecule has 0 unspecified atom stereocenters. The summed E-state index contributed by atoms with van der Waals surface area (Å²) in [4.78, 5) is 0. The average molecular weight is 274 g/mol. The van der Waals surface area contributed by atoms with Crippen molar-refractivity contribution >= 4 is 46.8 Å². The fraction of sp³-hybridized carbons (Fsp3) is 0. The highest BCUT2D eigenvalue weighted by atomic mass is 16.4. The molecule has 2 nitrogen and oxygen atoms in total. The lowest BCUT2D eigenvalue weighted by atomic mass is 9.79. The van der Waals surface area contributed by atoms with Crippen LogP contribution in [0.25, 0.3) is 34.2 Å². The minimum atomic E-state index is -1.45. The van der Waals surface area contributed by atoms with Crippen LogP contribution >= 0.6 is 0 Å². The number of allylic oxidation sites excluding steroid dienone is 1. The summed E-state index contributed by atoms with van der Waals surface area (Å²) in [6.45, 7) is 7.82. The van der Waals surface area contributed by atoms with Crippen LogP contribution in [0.4, 0.5) is 0 Å². The molecule has 2 N–H and O–H groups in total. The van der Waals surface area contributed by atoms with Gasteiger partial charge in [0.25, 0.3) is 0 Å². The maximum Gasteiger partial charge on any atom is 0.488 e. The molecule has 0 aliphatic heterocycles. The van der Waals surface area contributed by atoms with Crippen molar-refractivity contribution in [2.45, 2.75) is 0 Å². The van der Waals surface area contributed by atoms with Gasteiger partial charge in [0.15, 0.2) is 0 Å². The van der Waals surface area contributed by atoms with Crippen LogP contribution in [0.3, 0.4) is 0 Å². The molecule has 0 atom stereocenters. The summed E-state index contributed by atoms with van der Waals surface area (Å²) >= 11 is 0. The summed E-state index contributed by atoms with van der Waals surface area (Å²) < 4.78 is 0. The number of benzene rings is 3. The van der Waals surface area contributed by atoms with Crippen molar-refractivity contribution in [3.8, 4) is 0 Å². The number of hydrogen-bond acceptors (Lipinski definition) is 2. The molecule has 0 radical (unpaired) electrons. The Morgan fingerprint density at radius 3 is 2.38 bits per heavy atom. The Labute approximate surface area is 123 Å². The summed E-state index contributed by atoms with van der Waals surface area (Å²) in [5.74, 6) is 0. The Morgan fingerprint density at radius 2 is 1.67 bits per heavy atom. The number of rotatable bonds is 2. The highest BCUT2D eigenvalue weighted by Gasteiger charge is 2.11. The molecule has 3 aromatic rings. The van der Waals surface area contributed by atoms with Crippen LogP contribution in [0.5, 0.6) is 0 Å². The van der Waals surface area contributed by atoms with Crippen molar-refractivity contribution in [2.75, 3.05) is 0 Å². The number of fused-ring (bicyclic) bond motifs is 2. The fourth-order valence-electron chi connectivity index (χ4n) is 2.63. The van der Waals surface area contributed by atoms with Gasteiger partial charge in [-0.2, -0.15) is 0 Å². The molecule has 0 amide bonds. The van der Waals surface area contributed by atoms with Gasteiger partial charge in [0.2, 0.25) is 0 Å². The van der Waals surface area contributed by atoms with Crippen molar-refractivity contribution in [1.29, 1.82) is 0 Å². The van der Waals surface area contributed by atoms with E-state index in [0.717, 1.165) is 32.0 Å². The first-order valence-electron chi connectivity index (χ1n) is 6.74. The van der Waals surface area contributed by atoms with E-state index >= 15 is 0 Å². The lowest BCUT2D eigenvalue weighted by Gasteiger charge is -2.06. The van der Waals surface area contributed by atoms with E-state index in [0.29, 0.717) is 5.46 Å². The summed E-state index contributed by atoms with van der Waals surface area (Å²) in [6.07, 6.45) is 3.72. The Balaban J connectivity index is 2.42. The fourth-order valence-corrected chi connectivity index (χ4v) is 2.63. The zero-order valence-corrected chi connectivity index (χ0v) is 11.6. The van der Waals surface area contributed by atoms with Crippen LogP contribution < -0.4 is 15.9 Å². The van der Waals surface area contributed by atoms with Gasteiger partial charge in [0.1, 0.15) is 0 Å². The lowest BCUT2D eigenvalue weighted by molar-refractivity contribution is 0.426. The standard InChI is InChI=1S/C18H15BO2/c1-3-4-17-12(2)5-6-14-9-15-10-16(19(20)21)8-7-13(15)11-18(14)17/h3-11,20-21H,1-2H2/b17-4+. The van der Waals surface area contributed by atoms with Gasteiger partial charge in [-0.25, -0.2) is 0 Å². The molecule has 0 saturated heterocycles. The molecule has 3 aromatic carbocycles. The third kappa shape index (κ3) is 2.37. The van der Waals surface area contributed by atoms with Gasteiger partial charge in [-0.1, -0.05) is 55.6 Å². The molecule has 0 aromatic heterocycles. The Morgan fingerprint density at radius 1 is 0.905 bits per heavy atom. The second-order valence-electron chi connectivity index (χ2n) is 5.09. The molecule has 3 rings (SSSR count). The third-order valence-corrected chi connectivity index (χ3v) is 3.72. The van der Waals surface area contributed by atoms with Crippen molar-refractivity contribution in [3.63, 3.8) is 0 Å². The van der Waals surface area contributed by atoms with Gasteiger partial charge in [-0.05, 0) is 49.6 Å². The second-order valence-corrected chi connectivity index (χ2v) is 5.09. The Hall–Kier alpha value is -2.36. The second kappa shape index (κ2) is 5.21. The molecule has 102 valence electrons. The van der Waals surface area contributed by atoms with Gasteiger partial charge >= 0.3 is 7.12 Å². The van der Waals surface area contributed by atoms with Crippen LogP contribution in [-0.2, 0) is 0 Å². The third-order valence-electron chi connectivity index (χ3n) is 3.72. The largest absolute Gasteiger partial charge is 0.488 e. The smallest absolute Gasteiger partial charge is 0.423 e. The minimum absolute atomic E-state index is 0.494. The van der Waals surface area contributed by atoms with Gasteiger partial charge in [0.05, 0.1) is 0 Å². The van der Waals surface area contributed by atoms with E-state index in [2.05, 4.69) is 25.3 Å². The molecule has 21 heavy (non-hydrogen) atoms. The lowest BCUT2D eigenvalue weighted by Crippen LogP contribution is -2.29. The molecule has 0 saturated carbocycles. The van der Waals surface area contributed by atoms with E-state index in [1.807, 2.05) is 24.3 Å². The van der Waals surface area contributed by atoms with E-state index in [1.54, 1.807) is 18.2 Å². The molecule has 0 aliphatic carbocycles. The van der Waals surface area contributed by atoms with Gasteiger partial charge in [-0.3, -0.25) is 0 Å².